The number of carbonyl (C=O) groups excluding carboxylic acids is 1. The summed E-state index contributed by atoms with van der Waals surface area (Å²) in [6.07, 6.45) is 0.238. The van der Waals surface area contributed by atoms with Gasteiger partial charge in [-0.05, 0) is 6.92 Å². The zero-order valence-corrected chi connectivity index (χ0v) is 9.12. The third kappa shape index (κ3) is 3.07. The minimum atomic E-state index is -0.902. The van der Waals surface area contributed by atoms with E-state index in [1.807, 2.05) is 6.92 Å². The lowest BCUT2D eigenvalue weighted by atomic mass is 10.2. The fourth-order valence-corrected chi connectivity index (χ4v) is 1.32. The molecule has 0 aliphatic carbocycles. The molecule has 0 radical (unpaired) electrons. The minimum absolute atomic E-state index is 0.208. The number of carbonyl (C=O) groups is 1. The van der Waals surface area contributed by atoms with Crippen LogP contribution >= 0.6 is 11.6 Å². The number of halogens is 1. The molecule has 1 rings (SSSR count). The van der Waals surface area contributed by atoms with Crippen LogP contribution in [0.5, 0.6) is 5.75 Å². The molecule has 1 unspecified atom stereocenters. The molecular formula is C9H11ClN2O3. The molecule has 0 aromatic carbocycles. The molecule has 15 heavy (non-hydrogen) atoms. The van der Waals surface area contributed by atoms with Crippen molar-refractivity contribution in [1.29, 1.82) is 0 Å². The Morgan fingerprint density at radius 2 is 2.33 bits per heavy atom. The van der Waals surface area contributed by atoms with Crippen LogP contribution in [0.2, 0.25) is 5.02 Å². The quantitative estimate of drug-likeness (QED) is 0.861. The summed E-state index contributed by atoms with van der Waals surface area (Å²) in [5, 5.41) is 0.364. The molecule has 1 aromatic heterocycles. The average Bonchev–Trinajstić information content (AvgIpc) is 2.16. The molecule has 1 aromatic rings. The number of primary amides is 1. The number of hydrogen-bond acceptors (Lipinski definition) is 4. The summed E-state index contributed by atoms with van der Waals surface area (Å²) < 4.78 is 9.67. The second-order valence-electron chi connectivity index (χ2n) is 2.84. The lowest BCUT2D eigenvalue weighted by Crippen LogP contribution is -2.16. The summed E-state index contributed by atoms with van der Waals surface area (Å²) in [5.74, 6) is 0.208. The van der Waals surface area contributed by atoms with Crippen molar-refractivity contribution in [3.8, 4) is 5.75 Å². The Morgan fingerprint density at radius 3 is 2.80 bits per heavy atom. The first-order chi connectivity index (χ1) is 7.04. The second-order valence-corrected chi connectivity index (χ2v) is 3.24. The molecule has 82 valence electrons. The van der Waals surface area contributed by atoms with Gasteiger partial charge in [0.2, 0.25) is 0 Å². The number of nitrogens with two attached hydrogens (primary N) is 1. The lowest BCUT2D eigenvalue weighted by molar-refractivity contribution is 0.116. The Morgan fingerprint density at radius 1 is 1.67 bits per heavy atom. The van der Waals surface area contributed by atoms with Crippen LogP contribution in [-0.4, -0.2) is 18.2 Å². The molecule has 0 saturated carbocycles. The molecule has 0 aliphatic rings. The first-order valence-electron chi connectivity index (χ1n) is 4.20. The SMILES string of the molecule is COC(C)c1ncc(OC(N)=O)cc1Cl. The maximum atomic E-state index is 10.5. The lowest BCUT2D eigenvalue weighted by Gasteiger charge is -2.11. The van der Waals surface area contributed by atoms with Crippen LogP contribution in [0.3, 0.4) is 0 Å². The number of amides is 1. The fraction of sp³-hybridized carbons (Fsp3) is 0.333. The smallest absolute Gasteiger partial charge is 0.409 e. The molecule has 0 aliphatic heterocycles. The Kier molecular flexibility index (Phi) is 3.88. The van der Waals surface area contributed by atoms with Gasteiger partial charge in [-0.25, -0.2) is 4.79 Å². The third-order valence-corrected chi connectivity index (χ3v) is 2.10. The largest absolute Gasteiger partial charge is 0.410 e. The maximum Gasteiger partial charge on any atom is 0.410 e. The molecule has 1 amide bonds. The van der Waals surface area contributed by atoms with E-state index >= 15 is 0 Å². The van der Waals surface area contributed by atoms with Crippen molar-refractivity contribution in [2.24, 2.45) is 5.73 Å². The summed E-state index contributed by atoms with van der Waals surface area (Å²) in [6.45, 7) is 1.81. The van der Waals surface area contributed by atoms with Gasteiger partial charge in [0.25, 0.3) is 0 Å². The van der Waals surface area contributed by atoms with E-state index in [0.717, 1.165) is 0 Å². The van der Waals surface area contributed by atoms with Gasteiger partial charge in [-0.3, -0.25) is 4.98 Å². The topological polar surface area (TPSA) is 74.4 Å². The van der Waals surface area contributed by atoms with Crippen molar-refractivity contribution in [2.75, 3.05) is 7.11 Å². The van der Waals surface area contributed by atoms with Crippen molar-refractivity contribution >= 4 is 17.7 Å². The van der Waals surface area contributed by atoms with Crippen molar-refractivity contribution < 1.29 is 14.3 Å². The van der Waals surface area contributed by atoms with Gasteiger partial charge in [0.15, 0.2) is 5.75 Å². The molecule has 5 nitrogen and oxygen atoms in total. The molecule has 0 saturated heterocycles. The van der Waals surface area contributed by atoms with Crippen LogP contribution in [0.15, 0.2) is 12.3 Å². The van der Waals surface area contributed by atoms with Crippen LogP contribution in [-0.2, 0) is 4.74 Å². The number of ether oxygens (including phenoxy) is 2. The van der Waals surface area contributed by atoms with Gasteiger partial charge < -0.3 is 15.2 Å². The summed E-state index contributed by atoms with van der Waals surface area (Å²) in [5.41, 5.74) is 5.42. The highest BCUT2D eigenvalue weighted by Gasteiger charge is 2.12. The molecule has 0 spiro atoms. The highest BCUT2D eigenvalue weighted by atomic mass is 35.5. The number of rotatable bonds is 3. The Bertz CT molecular complexity index is 370. The summed E-state index contributed by atoms with van der Waals surface area (Å²) in [7, 11) is 1.55. The van der Waals surface area contributed by atoms with E-state index < -0.39 is 6.09 Å². The highest BCUT2D eigenvalue weighted by molar-refractivity contribution is 6.31. The molecule has 2 N–H and O–H groups in total. The number of pyridine rings is 1. The molecular weight excluding hydrogens is 220 g/mol. The highest BCUT2D eigenvalue weighted by Crippen LogP contribution is 2.26. The molecule has 0 fully saturated rings. The van der Waals surface area contributed by atoms with E-state index in [0.29, 0.717) is 10.7 Å². The van der Waals surface area contributed by atoms with Gasteiger partial charge in [0.1, 0.15) is 0 Å². The maximum absolute atomic E-state index is 10.5. The average molecular weight is 231 g/mol. The van der Waals surface area contributed by atoms with Crippen molar-refractivity contribution in [2.45, 2.75) is 13.0 Å². The first kappa shape index (κ1) is 11.7. The van der Waals surface area contributed by atoms with Gasteiger partial charge in [0.05, 0.1) is 23.0 Å². The van der Waals surface area contributed by atoms with Crippen LogP contribution in [0.1, 0.15) is 18.7 Å². The van der Waals surface area contributed by atoms with Crippen molar-refractivity contribution in [3.63, 3.8) is 0 Å². The zero-order valence-electron chi connectivity index (χ0n) is 8.36. The number of aromatic nitrogens is 1. The fourth-order valence-electron chi connectivity index (χ4n) is 1.01. The monoisotopic (exact) mass is 230 g/mol. The van der Waals surface area contributed by atoms with Crippen molar-refractivity contribution in [1.82, 2.24) is 4.98 Å². The predicted molar refractivity (Wildman–Crippen MR) is 54.9 cm³/mol. The predicted octanol–water partition coefficient (Wildman–Crippen LogP) is 1.90. The van der Waals surface area contributed by atoms with Crippen molar-refractivity contribution in [3.05, 3.63) is 23.0 Å². The summed E-state index contributed by atoms with van der Waals surface area (Å²) in [6, 6.07) is 1.46. The van der Waals surface area contributed by atoms with E-state index in [1.54, 1.807) is 7.11 Å². The zero-order chi connectivity index (χ0) is 11.4. The van der Waals surface area contributed by atoms with Crippen LogP contribution in [0.25, 0.3) is 0 Å². The van der Waals surface area contributed by atoms with Gasteiger partial charge in [-0.2, -0.15) is 0 Å². The van der Waals surface area contributed by atoms with E-state index in [2.05, 4.69) is 9.72 Å². The van der Waals surface area contributed by atoms with E-state index in [9.17, 15) is 4.79 Å². The van der Waals surface area contributed by atoms with Crippen LogP contribution in [0, 0.1) is 0 Å². The van der Waals surface area contributed by atoms with E-state index in [-0.39, 0.29) is 11.9 Å². The van der Waals surface area contributed by atoms with E-state index in [4.69, 9.17) is 22.1 Å². The number of nitrogens with zero attached hydrogens (tertiary/aromatic N) is 1. The Hall–Kier alpha value is -1.33. The molecule has 1 atom stereocenters. The van der Waals surface area contributed by atoms with E-state index in [1.165, 1.54) is 12.3 Å². The Balaban J connectivity index is 2.92. The van der Waals surface area contributed by atoms with Gasteiger partial charge in [-0.1, -0.05) is 11.6 Å². The standard InChI is InChI=1S/C9H11ClN2O3/c1-5(14-2)8-7(10)3-6(4-12-8)15-9(11)13/h3-5H,1-2H3,(H2,11,13). The van der Waals surface area contributed by atoms with Crippen LogP contribution < -0.4 is 10.5 Å². The number of methoxy groups -OCH3 is 1. The first-order valence-corrected chi connectivity index (χ1v) is 4.58. The minimum Gasteiger partial charge on any atom is -0.409 e. The van der Waals surface area contributed by atoms with Gasteiger partial charge in [-0.15, -0.1) is 0 Å². The molecule has 6 heteroatoms. The summed E-state index contributed by atoms with van der Waals surface area (Å²) >= 11 is 5.91. The second kappa shape index (κ2) is 4.95. The molecule has 0 bridgehead atoms. The normalized spacial score (nSPS) is 12.2. The van der Waals surface area contributed by atoms with Gasteiger partial charge in [0, 0.05) is 13.2 Å². The number of hydrogen-bond donors (Lipinski definition) is 1. The molecule has 1 heterocycles. The van der Waals surface area contributed by atoms with Crippen LogP contribution in [0.4, 0.5) is 4.79 Å². The third-order valence-electron chi connectivity index (χ3n) is 1.80. The summed E-state index contributed by atoms with van der Waals surface area (Å²) in [4.78, 5) is 14.5. The van der Waals surface area contributed by atoms with Gasteiger partial charge >= 0.3 is 6.09 Å². The Labute approximate surface area is 92.1 Å².